The Balaban J connectivity index is 2.20. The van der Waals surface area contributed by atoms with Crippen molar-refractivity contribution < 1.29 is 13.2 Å². The molecule has 0 N–H and O–H groups in total. The van der Waals surface area contributed by atoms with Crippen LogP contribution in [0.1, 0.15) is 16.7 Å². The van der Waals surface area contributed by atoms with Gasteiger partial charge in [-0.25, -0.2) is 8.42 Å². The quantitative estimate of drug-likeness (QED) is 0.784. The molecule has 0 aromatic heterocycles. The summed E-state index contributed by atoms with van der Waals surface area (Å²) in [5.74, 6) is 0.339. The van der Waals surface area contributed by atoms with Gasteiger partial charge in [-0.3, -0.25) is 0 Å². The van der Waals surface area contributed by atoms with Crippen molar-refractivity contribution in [2.24, 2.45) is 0 Å². The van der Waals surface area contributed by atoms with Crippen LogP contribution >= 0.6 is 10.7 Å². The molecule has 5 heteroatoms. The normalized spacial score (nSPS) is 11.4. The van der Waals surface area contributed by atoms with Crippen LogP contribution in [-0.2, 0) is 15.5 Å². The number of hydrogen-bond acceptors (Lipinski definition) is 3. The van der Waals surface area contributed by atoms with Gasteiger partial charge >= 0.3 is 0 Å². The third-order valence-corrected chi connectivity index (χ3v) is 4.45. The van der Waals surface area contributed by atoms with Crippen molar-refractivity contribution in [3.05, 3.63) is 59.2 Å². The first-order valence-corrected chi connectivity index (χ1v) is 8.91. The lowest BCUT2D eigenvalue weighted by atomic mass is 10.1. The molecule has 0 saturated carbocycles. The van der Waals surface area contributed by atoms with Crippen molar-refractivity contribution in [1.82, 2.24) is 0 Å². The highest BCUT2D eigenvalue weighted by molar-refractivity contribution is 8.13. The maximum absolute atomic E-state index is 11.7. The molecule has 0 spiro atoms. The number of halogens is 1. The van der Waals surface area contributed by atoms with Crippen molar-refractivity contribution >= 4 is 19.7 Å². The molecule has 2 rings (SSSR count). The van der Waals surface area contributed by atoms with Gasteiger partial charge < -0.3 is 4.74 Å². The van der Waals surface area contributed by atoms with Crippen LogP contribution in [0.3, 0.4) is 0 Å². The molecule has 0 heterocycles. The van der Waals surface area contributed by atoms with Crippen LogP contribution in [0.2, 0.25) is 0 Å². The second-order valence-corrected chi connectivity index (χ2v) is 7.47. The van der Waals surface area contributed by atoms with E-state index in [0.29, 0.717) is 18.8 Å². The van der Waals surface area contributed by atoms with E-state index < -0.39 is 9.05 Å². The van der Waals surface area contributed by atoms with Gasteiger partial charge in [-0.1, -0.05) is 36.4 Å². The fourth-order valence-corrected chi connectivity index (χ4v) is 3.31. The molecule has 0 aliphatic carbocycles. The molecule has 0 fully saturated rings. The van der Waals surface area contributed by atoms with Crippen molar-refractivity contribution in [2.75, 3.05) is 6.61 Å². The second kappa shape index (κ2) is 6.50. The summed E-state index contributed by atoms with van der Waals surface area (Å²) in [6.07, 6.45) is 0.704. The summed E-state index contributed by atoms with van der Waals surface area (Å²) in [5, 5.41) is 0. The first-order chi connectivity index (χ1) is 9.88. The monoisotopic (exact) mass is 324 g/mol. The Hall–Kier alpha value is -1.52. The van der Waals surface area contributed by atoms with Crippen LogP contribution < -0.4 is 4.74 Å². The minimum atomic E-state index is -3.83. The molecule has 0 saturated heterocycles. The predicted octanol–water partition coefficient (Wildman–Crippen LogP) is 3.85. The van der Waals surface area contributed by atoms with Gasteiger partial charge in [-0.2, -0.15) is 0 Å². The van der Waals surface area contributed by atoms with E-state index in [4.69, 9.17) is 15.4 Å². The Bertz CT molecular complexity index is 725. The van der Waals surface area contributed by atoms with Gasteiger partial charge in [0.1, 0.15) is 10.6 Å². The molecule has 2 aromatic rings. The number of ether oxygens (including phenoxy) is 1. The third kappa shape index (κ3) is 4.22. The van der Waals surface area contributed by atoms with E-state index in [9.17, 15) is 8.42 Å². The van der Waals surface area contributed by atoms with Gasteiger partial charge in [0.05, 0.1) is 6.61 Å². The highest BCUT2D eigenvalue weighted by atomic mass is 35.7. The fourth-order valence-electron chi connectivity index (χ4n) is 2.20. The SMILES string of the molecule is Cc1cc(C)c(OCCc2ccccc2)c(S(=O)(=O)Cl)c1. The Morgan fingerprint density at radius 3 is 2.38 bits per heavy atom. The van der Waals surface area contributed by atoms with Crippen LogP contribution in [-0.4, -0.2) is 15.0 Å². The lowest BCUT2D eigenvalue weighted by molar-refractivity contribution is 0.311. The second-order valence-electron chi connectivity index (χ2n) is 4.93. The van der Waals surface area contributed by atoms with Gasteiger partial charge in [0.2, 0.25) is 0 Å². The summed E-state index contributed by atoms with van der Waals surface area (Å²) in [4.78, 5) is 0.0368. The van der Waals surface area contributed by atoms with Gasteiger partial charge in [-0.15, -0.1) is 0 Å². The summed E-state index contributed by atoms with van der Waals surface area (Å²) < 4.78 is 29.0. The maximum atomic E-state index is 11.7. The molecule has 3 nitrogen and oxygen atoms in total. The van der Waals surface area contributed by atoms with Crippen LogP contribution in [0.4, 0.5) is 0 Å². The molecule has 0 atom stereocenters. The molecule has 112 valence electrons. The van der Waals surface area contributed by atoms with Crippen molar-refractivity contribution in [3.63, 3.8) is 0 Å². The average Bonchev–Trinajstić information content (AvgIpc) is 2.41. The van der Waals surface area contributed by atoms with Gasteiger partial charge in [0, 0.05) is 17.1 Å². The Morgan fingerprint density at radius 2 is 1.76 bits per heavy atom. The molecule has 0 aliphatic heterocycles. The minimum absolute atomic E-state index is 0.0368. The van der Waals surface area contributed by atoms with E-state index in [-0.39, 0.29) is 4.90 Å². The highest BCUT2D eigenvalue weighted by Gasteiger charge is 2.19. The largest absolute Gasteiger partial charge is 0.492 e. The van der Waals surface area contributed by atoms with Crippen LogP contribution in [0.5, 0.6) is 5.75 Å². The van der Waals surface area contributed by atoms with Crippen molar-refractivity contribution in [2.45, 2.75) is 25.2 Å². The van der Waals surface area contributed by atoms with Crippen molar-refractivity contribution in [3.8, 4) is 5.75 Å². The molecular formula is C16H17ClO3S. The Morgan fingerprint density at radius 1 is 1.10 bits per heavy atom. The zero-order valence-corrected chi connectivity index (χ0v) is 13.5. The minimum Gasteiger partial charge on any atom is -0.492 e. The highest BCUT2D eigenvalue weighted by Crippen LogP contribution is 2.31. The van der Waals surface area contributed by atoms with Gasteiger partial charge in [0.15, 0.2) is 0 Å². The van der Waals surface area contributed by atoms with Gasteiger partial charge in [0.25, 0.3) is 9.05 Å². The molecule has 0 radical (unpaired) electrons. The van der Waals surface area contributed by atoms with Gasteiger partial charge in [-0.05, 0) is 36.6 Å². The van der Waals surface area contributed by atoms with E-state index in [2.05, 4.69) is 0 Å². The fraction of sp³-hybridized carbons (Fsp3) is 0.250. The zero-order chi connectivity index (χ0) is 15.5. The Kier molecular flexibility index (Phi) is 4.91. The van der Waals surface area contributed by atoms with Crippen LogP contribution in [0, 0.1) is 13.8 Å². The third-order valence-electron chi connectivity index (χ3n) is 3.13. The first-order valence-electron chi connectivity index (χ1n) is 6.60. The maximum Gasteiger partial charge on any atom is 0.265 e. The molecule has 0 bridgehead atoms. The average molecular weight is 325 g/mol. The molecule has 21 heavy (non-hydrogen) atoms. The predicted molar refractivity (Wildman–Crippen MR) is 84.6 cm³/mol. The Labute approximate surface area is 129 Å². The summed E-state index contributed by atoms with van der Waals surface area (Å²) in [6.45, 7) is 4.04. The van der Waals surface area contributed by atoms with Crippen LogP contribution in [0.25, 0.3) is 0 Å². The smallest absolute Gasteiger partial charge is 0.265 e. The molecule has 2 aromatic carbocycles. The number of aryl methyl sites for hydroxylation is 2. The van der Waals surface area contributed by atoms with E-state index in [1.165, 1.54) is 6.07 Å². The standard InChI is InChI=1S/C16H17ClO3S/c1-12-10-13(2)16(15(11-12)21(17,18)19)20-9-8-14-6-4-3-5-7-14/h3-7,10-11H,8-9H2,1-2H3. The summed E-state index contributed by atoms with van der Waals surface area (Å²) in [7, 11) is 1.67. The lowest BCUT2D eigenvalue weighted by Gasteiger charge is -2.13. The number of rotatable bonds is 5. The first kappa shape index (κ1) is 15.9. The van der Waals surface area contributed by atoms with Crippen molar-refractivity contribution in [1.29, 1.82) is 0 Å². The topological polar surface area (TPSA) is 43.4 Å². The van der Waals surface area contributed by atoms with E-state index in [1.54, 1.807) is 0 Å². The van der Waals surface area contributed by atoms with E-state index in [1.807, 2.05) is 50.2 Å². The summed E-state index contributed by atoms with van der Waals surface area (Å²) in [6, 6.07) is 13.3. The summed E-state index contributed by atoms with van der Waals surface area (Å²) in [5.41, 5.74) is 2.74. The molecule has 0 unspecified atom stereocenters. The van der Waals surface area contributed by atoms with Crippen LogP contribution in [0.15, 0.2) is 47.4 Å². The van der Waals surface area contributed by atoms with E-state index in [0.717, 1.165) is 16.7 Å². The lowest BCUT2D eigenvalue weighted by Crippen LogP contribution is -2.06. The molecule has 0 amide bonds. The molecule has 0 aliphatic rings. The number of hydrogen-bond donors (Lipinski definition) is 0. The summed E-state index contributed by atoms with van der Waals surface area (Å²) >= 11 is 0. The number of benzene rings is 2. The zero-order valence-electron chi connectivity index (χ0n) is 12.0. The van der Waals surface area contributed by atoms with E-state index >= 15 is 0 Å². The molecular weight excluding hydrogens is 308 g/mol.